The number of rotatable bonds is 3. The molecule has 6 nitrogen and oxygen atoms in total. The third kappa shape index (κ3) is 2.47. The van der Waals surface area contributed by atoms with Crippen LogP contribution in [0.15, 0.2) is 22.7 Å². The summed E-state index contributed by atoms with van der Waals surface area (Å²) in [6.45, 7) is 3.83. The Bertz CT molecular complexity index is 794. The zero-order valence-corrected chi connectivity index (χ0v) is 12.7. The average Bonchev–Trinajstić information content (AvgIpc) is 3.05. The summed E-state index contributed by atoms with van der Waals surface area (Å²) in [5.74, 6) is 1.79. The highest BCUT2D eigenvalue weighted by molar-refractivity contribution is 7.18. The molecular weight excluding hydrogens is 288 g/mol. The Kier molecular flexibility index (Phi) is 3.34. The van der Waals surface area contributed by atoms with Crippen molar-refractivity contribution in [2.45, 2.75) is 13.8 Å². The molecule has 0 aliphatic carbocycles. The van der Waals surface area contributed by atoms with Gasteiger partial charge < -0.3 is 15.0 Å². The molecule has 0 unspecified atom stereocenters. The van der Waals surface area contributed by atoms with E-state index in [4.69, 9.17) is 15.0 Å². The van der Waals surface area contributed by atoms with Crippen LogP contribution in [0.4, 0.5) is 5.13 Å². The number of thiazole rings is 1. The number of nitrogen functional groups attached to an aromatic ring is 1. The Hall–Kier alpha value is -2.41. The second kappa shape index (κ2) is 5.17. The lowest BCUT2D eigenvalue weighted by Crippen LogP contribution is -1.88. The smallest absolute Gasteiger partial charge is 0.270 e. The fourth-order valence-electron chi connectivity index (χ4n) is 2.07. The summed E-state index contributed by atoms with van der Waals surface area (Å²) >= 11 is 1.34. The Morgan fingerprint density at radius 3 is 2.67 bits per heavy atom. The van der Waals surface area contributed by atoms with Crippen LogP contribution in [0.2, 0.25) is 0 Å². The quantitative estimate of drug-likeness (QED) is 0.800. The number of aryl methyl sites for hydroxylation is 2. The van der Waals surface area contributed by atoms with Gasteiger partial charge in [-0.3, -0.25) is 0 Å². The second-order valence-corrected chi connectivity index (χ2v) is 5.60. The third-order valence-corrected chi connectivity index (χ3v) is 4.06. The van der Waals surface area contributed by atoms with Crippen molar-refractivity contribution in [1.29, 1.82) is 0 Å². The van der Waals surface area contributed by atoms with Crippen molar-refractivity contribution in [3.63, 3.8) is 0 Å². The van der Waals surface area contributed by atoms with E-state index < -0.39 is 0 Å². The topological polar surface area (TPSA) is 87.1 Å². The predicted molar refractivity (Wildman–Crippen MR) is 81.3 cm³/mol. The molecule has 0 aliphatic rings. The lowest BCUT2D eigenvalue weighted by Gasteiger charge is -2.04. The molecule has 3 rings (SSSR count). The maximum absolute atomic E-state index is 5.69. The Labute approximate surface area is 125 Å². The van der Waals surface area contributed by atoms with Crippen LogP contribution in [0.1, 0.15) is 11.3 Å². The van der Waals surface area contributed by atoms with Gasteiger partial charge in [0.15, 0.2) is 5.13 Å². The first kappa shape index (κ1) is 13.6. The van der Waals surface area contributed by atoms with E-state index >= 15 is 0 Å². The first-order valence-corrected chi connectivity index (χ1v) is 7.12. The summed E-state index contributed by atoms with van der Waals surface area (Å²) in [6.07, 6.45) is 0. The Morgan fingerprint density at radius 1 is 1.24 bits per heavy atom. The molecule has 2 heterocycles. The fraction of sp³-hybridized carbons (Fsp3) is 0.214. The molecule has 3 aromatic rings. The molecule has 2 aromatic heterocycles. The van der Waals surface area contributed by atoms with Crippen molar-refractivity contribution in [2.24, 2.45) is 0 Å². The van der Waals surface area contributed by atoms with Gasteiger partial charge in [0, 0.05) is 5.56 Å². The number of aromatic nitrogens is 3. The number of nitrogens with two attached hydrogens (primary N) is 1. The molecule has 0 saturated heterocycles. The molecule has 21 heavy (non-hydrogen) atoms. The second-order valence-electron chi connectivity index (χ2n) is 4.57. The zero-order chi connectivity index (χ0) is 15.0. The maximum Gasteiger partial charge on any atom is 0.270 e. The van der Waals surface area contributed by atoms with Crippen LogP contribution in [0.25, 0.3) is 22.2 Å². The average molecular weight is 302 g/mol. The van der Waals surface area contributed by atoms with E-state index in [2.05, 4.69) is 15.1 Å². The van der Waals surface area contributed by atoms with Gasteiger partial charge in [0.2, 0.25) is 5.82 Å². The van der Waals surface area contributed by atoms with E-state index in [0.29, 0.717) is 16.8 Å². The van der Waals surface area contributed by atoms with Gasteiger partial charge in [-0.2, -0.15) is 4.98 Å². The minimum absolute atomic E-state index is 0.435. The van der Waals surface area contributed by atoms with Crippen LogP contribution in [-0.2, 0) is 0 Å². The van der Waals surface area contributed by atoms with Gasteiger partial charge in [0.05, 0.1) is 12.8 Å². The number of hydrogen-bond donors (Lipinski definition) is 1. The predicted octanol–water partition coefficient (Wildman–Crippen LogP) is 3.07. The number of ether oxygens (including phenoxy) is 1. The van der Waals surface area contributed by atoms with Crippen LogP contribution in [-0.4, -0.2) is 22.2 Å². The normalized spacial score (nSPS) is 10.8. The fourth-order valence-corrected chi connectivity index (χ4v) is 2.82. The summed E-state index contributed by atoms with van der Waals surface area (Å²) in [5, 5.41) is 4.51. The van der Waals surface area contributed by atoms with Crippen LogP contribution >= 0.6 is 11.3 Å². The van der Waals surface area contributed by atoms with Crippen molar-refractivity contribution in [3.05, 3.63) is 29.5 Å². The molecule has 0 fully saturated rings. The number of nitrogens with zero attached hydrogens (tertiary/aromatic N) is 3. The molecular formula is C14H14N4O2S. The molecule has 2 N–H and O–H groups in total. The minimum Gasteiger partial charge on any atom is -0.496 e. The molecule has 108 valence electrons. The van der Waals surface area contributed by atoms with Crippen molar-refractivity contribution >= 4 is 16.5 Å². The van der Waals surface area contributed by atoms with Gasteiger partial charge >= 0.3 is 0 Å². The summed E-state index contributed by atoms with van der Waals surface area (Å²) in [5.41, 5.74) is 8.37. The summed E-state index contributed by atoms with van der Waals surface area (Å²) in [6, 6.07) is 5.74. The molecule has 0 radical (unpaired) electrons. The first-order chi connectivity index (χ1) is 10.1. The molecule has 7 heteroatoms. The van der Waals surface area contributed by atoms with Crippen LogP contribution in [0.3, 0.4) is 0 Å². The van der Waals surface area contributed by atoms with E-state index in [9.17, 15) is 0 Å². The molecule has 0 atom stereocenters. The highest BCUT2D eigenvalue weighted by Crippen LogP contribution is 2.32. The standard InChI is InChI=1S/C14H14N4O2S/c1-7-6-9(4-5-10(7)19-3)12-17-13(20-18-12)11-8(2)16-14(15)21-11/h4-6H,1-3H3,(H2,15,16). The monoisotopic (exact) mass is 302 g/mol. The van der Waals surface area contributed by atoms with Crippen molar-refractivity contribution in [3.8, 4) is 27.9 Å². The molecule has 0 amide bonds. The number of methoxy groups -OCH3 is 1. The molecule has 0 saturated carbocycles. The van der Waals surface area contributed by atoms with E-state index in [1.165, 1.54) is 11.3 Å². The molecule has 0 spiro atoms. The largest absolute Gasteiger partial charge is 0.496 e. The highest BCUT2D eigenvalue weighted by Gasteiger charge is 2.16. The number of benzene rings is 1. The van der Waals surface area contributed by atoms with Crippen LogP contribution < -0.4 is 10.5 Å². The van der Waals surface area contributed by atoms with Gasteiger partial charge in [-0.1, -0.05) is 16.5 Å². The van der Waals surface area contributed by atoms with Gasteiger partial charge in [0.1, 0.15) is 10.6 Å². The summed E-state index contributed by atoms with van der Waals surface area (Å²) in [4.78, 5) is 9.38. The lowest BCUT2D eigenvalue weighted by molar-refractivity contribution is 0.411. The molecule has 0 bridgehead atoms. The SMILES string of the molecule is COc1ccc(-c2noc(-c3sc(N)nc3C)n2)cc1C. The van der Waals surface area contributed by atoms with E-state index in [0.717, 1.165) is 27.4 Å². The van der Waals surface area contributed by atoms with Crippen molar-refractivity contribution < 1.29 is 9.26 Å². The minimum atomic E-state index is 0.435. The number of hydrogen-bond acceptors (Lipinski definition) is 7. The summed E-state index contributed by atoms with van der Waals surface area (Å²) < 4.78 is 10.6. The van der Waals surface area contributed by atoms with E-state index in [1.54, 1.807) is 7.11 Å². The van der Waals surface area contributed by atoms with E-state index in [-0.39, 0.29) is 0 Å². The first-order valence-electron chi connectivity index (χ1n) is 6.30. The van der Waals surface area contributed by atoms with E-state index in [1.807, 2.05) is 32.0 Å². The maximum atomic E-state index is 5.69. The van der Waals surface area contributed by atoms with Gasteiger partial charge in [-0.15, -0.1) is 0 Å². The number of anilines is 1. The zero-order valence-electron chi connectivity index (χ0n) is 11.9. The van der Waals surface area contributed by atoms with Gasteiger partial charge in [0.25, 0.3) is 5.89 Å². The van der Waals surface area contributed by atoms with Gasteiger partial charge in [-0.05, 0) is 37.6 Å². The van der Waals surface area contributed by atoms with Crippen LogP contribution in [0.5, 0.6) is 5.75 Å². The highest BCUT2D eigenvalue weighted by atomic mass is 32.1. The van der Waals surface area contributed by atoms with Gasteiger partial charge in [-0.25, -0.2) is 4.98 Å². The van der Waals surface area contributed by atoms with Crippen molar-refractivity contribution in [2.75, 3.05) is 12.8 Å². The summed E-state index contributed by atoms with van der Waals surface area (Å²) in [7, 11) is 1.64. The lowest BCUT2D eigenvalue weighted by atomic mass is 10.1. The van der Waals surface area contributed by atoms with Crippen molar-refractivity contribution in [1.82, 2.24) is 15.1 Å². The molecule has 1 aromatic carbocycles. The third-order valence-electron chi connectivity index (χ3n) is 3.09. The Balaban J connectivity index is 1.98. The Morgan fingerprint density at radius 2 is 2.05 bits per heavy atom. The van der Waals surface area contributed by atoms with Crippen LogP contribution in [0, 0.1) is 13.8 Å². The molecule has 0 aliphatic heterocycles.